The van der Waals surface area contributed by atoms with Crippen molar-refractivity contribution in [3.05, 3.63) is 65.7 Å². The van der Waals surface area contributed by atoms with Gasteiger partial charge in [-0.1, -0.05) is 62.4 Å². The molecular weight excluding hydrogens is 487 g/mol. The summed E-state index contributed by atoms with van der Waals surface area (Å²) >= 11 is 0. The first-order valence-corrected chi connectivity index (χ1v) is 16.4. The van der Waals surface area contributed by atoms with Crippen LogP contribution in [0.5, 0.6) is 0 Å². The third-order valence-corrected chi connectivity index (χ3v) is 12.4. The fraction of sp³-hybridized carbons (Fsp3) is 0.483. The molecule has 1 fully saturated rings. The fourth-order valence-electron chi connectivity index (χ4n) is 4.13. The first-order chi connectivity index (χ1) is 17.3. The molecule has 0 aromatic heterocycles. The van der Waals surface area contributed by atoms with Crippen LogP contribution in [0.3, 0.4) is 0 Å². The predicted molar refractivity (Wildman–Crippen MR) is 158 cm³/mol. The lowest BCUT2D eigenvalue weighted by Gasteiger charge is -2.35. The minimum atomic E-state index is -1.33. The van der Waals surface area contributed by atoms with E-state index in [1.807, 2.05) is 34.6 Å². The number of aryl methyl sites for hydroxylation is 1. The molecule has 1 aliphatic rings. The van der Waals surface area contributed by atoms with Gasteiger partial charge in [0.1, 0.15) is 4.75 Å². The van der Waals surface area contributed by atoms with E-state index in [1.54, 1.807) is 0 Å². The highest BCUT2D eigenvalue weighted by Crippen LogP contribution is 2.45. The second kappa shape index (κ2) is 15.3. The number of nitrogens with two attached hydrogens (primary N) is 1. The SMILES string of the molecule is CC.CN(C)c1ccc(/C=C\CCCCc2ccc(P(C)S(=O)C3(C(N)=O)CCOCC3)cc2)cc1. The molecular formula is C29H43N2O3PS. The van der Waals surface area contributed by atoms with Crippen molar-refractivity contribution in [3.8, 4) is 0 Å². The van der Waals surface area contributed by atoms with Gasteiger partial charge in [0, 0.05) is 40.1 Å². The molecule has 1 aliphatic heterocycles. The van der Waals surface area contributed by atoms with Crippen molar-refractivity contribution in [1.29, 1.82) is 0 Å². The molecule has 5 nitrogen and oxygen atoms in total. The zero-order valence-corrected chi connectivity index (χ0v) is 24.2. The number of benzene rings is 2. The van der Waals surface area contributed by atoms with E-state index in [2.05, 4.69) is 65.6 Å². The maximum atomic E-state index is 13.3. The van der Waals surface area contributed by atoms with Crippen LogP contribution < -0.4 is 15.9 Å². The standard InChI is InChI=1S/C27H37N2O3PS.C2H6/c1-29(2)24-14-10-22(11-15-24)8-6-4-5-7-9-23-12-16-25(17-13-23)33(3)34(31)27(26(28)30)18-20-32-21-19-27;1-2/h6,8,10-17H,4-5,7,9,18-21H2,1-3H3,(H2,28,30);1-2H3/b8-6-;. The molecule has 3 rings (SSSR count). The number of rotatable bonds is 11. The van der Waals surface area contributed by atoms with Gasteiger partial charge in [-0.05, 0) is 73.8 Å². The second-order valence-corrected chi connectivity index (χ2v) is 14.4. The van der Waals surface area contributed by atoms with Crippen LogP contribution in [-0.4, -0.2) is 48.8 Å². The molecule has 0 saturated carbocycles. The molecule has 2 N–H and O–H groups in total. The van der Waals surface area contributed by atoms with Crippen LogP contribution in [0.1, 0.15) is 57.1 Å². The van der Waals surface area contributed by atoms with Gasteiger partial charge in [-0.15, -0.1) is 0 Å². The molecule has 0 aliphatic carbocycles. The van der Waals surface area contributed by atoms with Crippen molar-refractivity contribution in [2.24, 2.45) is 5.73 Å². The molecule has 36 heavy (non-hydrogen) atoms. The Morgan fingerprint density at radius 1 is 1.06 bits per heavy atom. The summed E-state index contributed by atoms with van der Waals surface area (Å²) in [5, 5.41) is 1.05. The summed E-state index contributed by atoms with van der Waals surface area (Å²) in [6.07, 6.45) is 9.67. The smallest absolute Gasteiger partial charge is 0.236 e. The Morgan fingerprint density at radius 2 is 1.67 bits per heavy atom. The highest BCUT2D eigenvalue weighted by Gasteiger charge is 2.46. The first-order valence-electron chi connectivity index (χ1n) is 12.9. The van der Waals surface area contributed by atoms with E-state index in [1.165, 1.54) is 16.8 Å². The van der Waals surface area contributed by atoms with Gasteiger partial charge in [-0.25, -0.2) is 0 Å². The van der Waals surface area contributed by atoms with E-state index < -0.39 is 28.2 Å². The van der Waals surface area contributed by atoms with Crippen LogP contribution in [0.15, 0.2) is 54.6 Å². The third-order valence-electron chi connectivity index (χ3n) is 6.44. The number of primary amides is 1. The number of unbranched alkanes of at least 4 members (excludes halogenated alkanes) is 2. The second-order valence-electron chi connectivity index (χ2n) is 9.02. The van der Waals surface area contributed by atoms with Crippen molar-refractivity contribution < 1.29 is 13.7 Å². The quantitative estimate of drug-likeness (QED) is 0.301. The molecule has 7 heteroatoms. The van der Waals surface area contributed by atoms with Gasteiger partial charge in [-0.2, -0.15) is 0 Å². The Labute approximate surface area is 221 Å². The van der Waals surface area contributed by atoms with Crippen LogP contribution in [0.4, 0.5) is 5.69 Å². The molecule has 0 radical (unpaired) electrons. The number of amides is 1. The Hall–Kier alpha value is -2.01. The largest absolute Gasteiger partial charge is 0.381 e. The molecule has 0 spiro atoms. The molecule has 2 unspecified atom stereocenters. The lowest BCUT2D eigenvalue weighted by molar-refractivity contribution is -0.122. The minimum Gasteiger partial charge on any atom is -0.381 e. The van der Waals surface area contributed by atoms with Crippen LogP contribution in [0.25, 0.3) is 6.08 Å². The van der Waals surface area contributed by atoms with E-state index >= 15 is 0 Å². The van der Waals surface area contributed by atoms with Gasteiger partial charge < -0.3 is 15.4 Å². The monoisotopic (exact) mass is 530 g/mol. The minimum absolute atomic E-state index is 0.439. The van der Waals surface area contributed by atoms with Crippen molar-refractivity contribution >= 4 is 40.5 Å². The molecule has 0 bridgehead atoms. The van der Waals surface area contributed by atoms with E-state index in [-0.39, 0.29) is 0 Å². The number of ether oxygens (including phenoxy) is 1. The maximum Gasteiger partial charge on any atom is 0.236 e. The lowest BCUT2D eigenvalue weighted by atomic mass is 9.98. The molecule has 2 atom stereocenters. The molecule has 1 heterocycles. The summed E-state index contributed by atoms with van der Waals surface area (Å²) in [5.74, 6) is -0.459. The number of carbonyl (C=O) groups excluding carboxylic acids is 1. The van der Waals surface area contributed by atoms with Gasteiger partial charge in [0.25, 0.3) is 0 Å². The van der Waals surface area contributed by atoms with Crippen LogP contribution >= 0.6 is 7.12 Å². The van der Waals surface area contributed by atoms with Gasteiger partial charge in [0.15, 0.2) is 0 Å². The molecule has 2 aromatic carbocycles. The third kappa shape index (κ3) is 8.26. The Kier molecular flexibility index (Phi) is 12.8. The number of allylic oxidation sites excluding steroid dienone is 1. The Morgan fingerprint density at radius 3 is 2.22 bits per heavy atom. The lowest BCUT2D eigenvalue weighted by Crippen LogP contribution is -2.51. The fourth-order valence-corrected chi connectivity index (χ4v) is 9.44. The highest BCUT2D eigenvalue weighted by molar-refractivity contribution is 8.49. The maximum absolute atomic E-state index is 13.3. The summed E-state index contributed by atoms with van der Waals surface area (Å²) in [6.45, 7) is 6.87. The van der Waals surface area contributed by atoms with Gasteiger partial charge >= 0.3 is 0 Å². The summed E-state index contributed by atoms with van der Waals surface area (Å²) in [6, 6.07) is 17.0. The number of nitrogens with zero attached hydrogens (tertiary/aromatic N) is 1. The van der Waals surface area contributed by atoms with Gasteiger partial charge in [-0.3, -0.25) is 9.00 Å². The number of carbonyl (C=O) groups is 1. The van der Waals surface area contributed by atoms with E-state index in [0.29, 0.717) is 26.1 Å². The number of hydrogen-bond acceptors (Lipinski definition) is 4. The van der Waals surface area contributed by atoms with Crippen LogP contribution in [0.2, 0.25) is 0 Å². The number of anilines is 1. The molecule has 2 aromatic rings. The zero-order chi connectivity index (χ0) is 26.6. The Balaban J connectivity index is 0.00000222. The topological polar surface area (TPSA) is 72.6 Å². The van der Waals surface area contributed by atoms with Crippen molar-refractivity contribution in [1.82, 2.24) is 0 Å². The van der Waals surface area contributed by atoms with Crippen molar-refractivity contribution in [2.45, 2.75) is 57.1 Å². The summed E-state index contributed by atoms with van der Waals surface area (Å²) in [5.41, 5.74) is 9.43. The van der Waals surface area contributed by atoms with Crippen LogP contribution in [-0.2, 0) is 26.4 Å². The van der Waals surface area contributed by atoms with Crippen LogP contribution in [0, 0.1) is 0 Å². The highest BCUT2D eigenvalue weighted by atomic mass is 32.7. The number of hydrogen-bond donors (Lipinski definition) is 1. The summed E-state index contributed by atoms with van der Waals surface area (Å²) < 4.78 is 17.8. The van der Waals surface area contributed by atoms with Gasteiger partial charge in [0.05, 0.1) is 10.4 Å². The molecule has 1 amide bonds. The molecule has 1 saturated heterocycles. The average molecular weight is 531 g/mol. The van der Waals surface area contributed by atoms with Gasteiger partial charge in [0.2, 0.25) is 5.91 Å². The van der Waals surface area contributed by atoms with E-state index in [9.17, 15) is 9.00 Å². The van der Waals surface area contributed by atoms with Crippen molar-refractivity contribution in [2.75, 3.05) is 38.9 Å². The first kappa shape index (κ1) is 30.2. The Bertz CT molecular complexity index is 985. The predicted octanol–water partition coefficient (Wildman–Crippen LogP) is 5.64. The summed E-state index contributed by atoms with van der Waals surface area (Å²) in [7, 11) is 1.77. The zero-order valence-electron chi connectivity index (χ0n) is 22.5. The molecule has 198 valence electrons. The van der Waals surface area contributed by atoms with E-state index in [0.717, 1.165) is 31.0 Å². The van der Waals surface area contributed by atoms with Crippen molar-refractivity contribution in [3.63, 3.8) is 0 Å². The van der Waals surface area contributed by atoms with E-state index in [4.69, 9.17) is 10.5 Å². The normalized spacial score (nSPS) is 16.6. The average Bonchev–Trinajstić information content (AvgIpc) is 2.91. The summed E-state index contributed by atoms with van der Waals surface area (Å²) in [4.78, 5) is 14.3.